The van der Waals surface area contributed by atoms with Gasteiger partial charge < -0.3 is 47.5 Å². The Morgan fingerprint density at radius 3 is 2.18 bits per heavy atom. The summed E-state index contributed by atoms with van der Waals surface area (Å²) in [5.41, 5.74) is 1.77. The highest BCUT2D eigenvalue weighted by Crippen LogP contribution is 2.40. The molecule has 15 atom stereocenters. The second kappa shape index (κ2) is 31.0. The number of hydrogen-bond acceptors (Lipinski definition) is 14. The third kappa shape index (κ3) is 17.6. The number of nitrogens with zero attached hydrogens (tertiary/aromatic N) is 1. The monoisotopic (exact) mass is 1030 g/mol. The summed E-state index contributed by atoms with van der Waals surface area (Å²) < 4.78 is 53.8. The average Bonchev–Trinajstić information content (AvgIpc) is 3.38. The van der Waals surface area contributed by atoms with Crippen molar-refractivity contribution in [1.29, 1.82) is 0 Å². The van der Waals surface area contributed by atoms with Gasteiger partial charge in [-0.1, -0.05) is 83.6 Å². The molecule has 2 saturated heterocycles. The molecule has 1 saturated carbocycles. The average molecular weight is 1030 g/mol. The number of methoxy groups -OCH3 is 5. The molecule has 2 bridgehead atoms. The van der Waals surface area contributed by atoms with Gasteiger partial charge in [0.1, 0.15) is 24.0 Å². The molecule has 73 heavy (non-hydrogen) atoms. The highest BCUT2D eigenvalue weighted by atomic mass is 16.7. The largest absolute Gasteiger partial charge is 0.460 e. The van der Waals surface area contributed by atoms with Crippen molar-refractivity contribution in [2.75, 3.05) is 68.5 Å². The number of ketones is 3. The Morgan fingerprint density at radius 1 is 0.767 bits per heavy atom. The van der Waals surface area contributed by atoms with Crippen molar-refractivity contribution in [3.63, 3.8) is 0 Å². The van der Waals surface area contributed by atoms with Crippen LogP contribution in [0.4, 0.5) is 0 Å². The van der Waals surface area contributed by atoms with Crippen molar-refractivity contribution in [2.45, 2.75) is 181 Å². The molecule has 0 aromatic heterocycles. The minimum Gasteiger partial charge on any atom is -0.460 e. The van der Waals surface area contributed by atoms with Gasteiger partial charge in [-0.2, -0.15) is 0 Å². The molecule has 0 aromatic carbocycles. The molecule has 0 N–H and O–H groups in total. The Balaban J connectivity index is 1.73. The molecule has 1 amide bonds. The number of piperidine rings is 1. The van der Waals surface area contributed by atoms with E-state index in [0.29, 0.717) is 77.8 Å². The molecule has 3 fully saturated rings. The Bertz CT molecular complexity index is 1900. The van der Waals surface area contributed by atoms with E-state index in [2.05, 4.69) is 13.0 Å². The predicted octanol–water partition coefficient (Wildman–Crippen LogP) is 8.80. The van der Waals surface area contributed by atoms with E-state index in [9.17, 15) is 24.0 Å². The Hall–Kier alpha value is -3.41. The number of hydrogen-bond donors (Lipinski definition) is 0. The van der Waals surface area contributed by atoms with Crippen LogP contribution >= 0.6 is 0 Å². The normalized spacial score (nSPS) is 37.3. The lowest BCUT2D eigenvalue weighted by Gasteiger charge is -2.45. The van der Waals surface area contributed by atoms with E-state index in [-0.39, 0.29) is 66.3 Å². The fraction of sp³-hybridized carbons (Fsp3) is 0.776. The number of fused-ring (bicyclic) bond motifs is 3. The zero-order chi connectivity index (χ0) is 53.8. The van der Waals surface area contributed by atoms with Crippen molar-refractivity contribution in [3.8, 4) is 0 Å². The standard InChI is InChI=1S/C58H93NO14/c1-37-19-15-14-16-20-38(2)50(71-30-29-70-28-27-65-9)35-46-24-22-43(7)58(69-13,73-46)55(62)56(63)59-26-18-17-21-47(59)57(64)72-51(41(5)33-45-23-25-49(66-10)52(34-45)67-11)36-48(60)40(4)32-39(3)44(8)54(68-12)53(61)42(6)31-37/h14-16,19-20,32,37,40-47,49-52,54H,17-18,21-31,33-36H2,1-13H3/b16-14+,19-15+,38-20+,39-32+/t37-,40-,41-,42-,43-,44-,45+,46+,47+,49-,50+,51+,52-,54-,58-/m1/s1. The molecule has 4 rings (SSSR count). The lowest BCUT2D eigenvalue weighted by molar-refractivity contribution is -0.277. The maximum atomic E-state index is 14.8. The third-order valence-corrected chi connectivity index (χ3v) is 16.1. The fourth-order valence-corrected chi connectivity index (χ4v) is 11.3. The molecule has 0 spiro atoms. The van der Waals surface area contributed by atoms with E-state index < -0.39 is 65.7 Å². The first kappa shape index (κ1) is 62.1. The van der Waals surface area contributed by atoms with Crippen LogP contribution in [0.3, 0.4) is 0 Å². The maximum Gasteiger partial charge on any atom is 0.329 e. The number of allylic oxidation sites excluding steroid dienone is 6. The van der Waals surface area contributed by atoms with Crippen LogP contribution in [0.2, 0.25) is 0 Å². The zero-order valence-electron chi connectivity index (χ0n) is 46.7. The van der Waals surface area contributed by atoms with Gasteiger partial charge in [0.25, 0.3) is 11.7 Å². The zero-order valence-corrected chi connectivity index (χ0v) is 46.7. The van der Waals surface area contributed by atoms with Gasteiger partial charge in [-0.15, -0.1) is 0 Å². The number of carbonyl (C=O) groups excluding carboxylic acids is 5. The van der Waals surface area contributed by atoms with Gasteiger partial charge in [0.2, 0.25) is 5.79 Å². The predicted molar refractivity (Wildman–Crippen MR) is 280 cm³/mol. The summed E-state index contributed by atoms with van der Waals surface area (Å²) in [6, 6.07) is -1.06. The van der Waals surface area contributed by atoms with Crippen LogP contribution in [-0.2, 0) is 66.6 Å². The van der Waals surface area contributed by atoms with E-state index in [1.165, 1.54) is 12.0 Å². The molecule has 414 valence electrons. The van der Waals surface area contributed by atoms with E-state index in [1.807, 2.05) is 78.8 Å². The van der Waals surface area contributed by atoms with E-state index >= 15 is 0 Å². The summed E-state index contributed by atoms with van der Waals surface area (Å²) in [5.74, 6) is -5.97. The third-order valence-electron chi connectivity index (χ3n) is 16.1. The lowest BCUT2D eigenvalue weighted by Crippen LogP contribution is -2.61. The molecule has 3 heterocycles. The van der Waals surface area contributed by atoms with Crippen LogP contribution in [0.15, 0.2) is 47.6 Å². The van der Waals surface area contributed by atoms with Gasteiger partial charge in [0, 0.05) is 78.6 Å². The number of cyclic esters (lactones) is 1. The number of rotatable bonds is 14. The molecular formula is C58H93NO14. The molecule has 15 heteroatoms. The number of Topliss-reactive ketones (excluding diaryl/α,β-unsaturated/α-hetero) is 3. The smallest absolute Gasteiger partial charge is 0.329 e. The van der Waals surface area contributed by atoms with Crippen molar-refractivity contribution < 1.29 is 66.6 Å². The number of esters is 1. The summed E-state index contributed by atoms with van der Waals surface area (Å²) in [5, 5.41) is 0. The number of amides is 1. The van der Waals surface area contributed by atoms with Crippen LogP contribution < -0.4 is 0 Å². The highest BCUT2D eigenvalue weighted by Gasteiger charge is 2.55. The Morgan fingerprint density at radius 2 is 1.49 bits per heavy atom. The Labute approximate surface area is 437 Å². The molecule has 1 aliphatic carbocycles. The topological polar surface area (TPSA) is 172 Å². The van der Waals surface area contributed by atoms with Crippen molar-refractivity contribution >= 4 is 29.2 Å². The van der Waals surface area contributed by atoms with Crippen molar-refractivity contribution in [2.24, 2.45) is 41.4 Å². The summed E-state index contributed by atoms with van der Waals surface area (Å²) >= 11 is 0. The Kier molecular flexibility index (Phi) is 26.4. The summed E-state index contributed by atoms with van der Waals surface area (Å²) in [6.07, 6.45) is 16.0. The maximum absolute atomic E-state index is 14.8. The SMILES string of the molecule is COCCOCCO[C@H]1C[C@@H]2CC[C@@H](C)[C@@](OC)(O2)C(=O)C(=O)N2CCCC[C@H]2C(=O)O[C@H]([C@H](C)C[C@@H]2CC[C@@H](OC)[C@H](OC)C2)CC(=O)[C@H](C)/C=C(\C)[C@@H](C)[C@@H](OC)C(=O)[C@H](C)C[C@H](C)/C=C/C=C/C=C/1C. The molecule has 0 aromatic rings. The lowest BCUT2D eigenvalue weighted by atomic mass is 9.78. The number of carbonyl (C=O) groups is 5. The molecular weight excluding hydrogens is 935 g/mol. The first-order valence-electron chi connectivity index (χ1n) is 27.2. The minimum absolute atomic E-state index is 0.00213. The molecule has 4 aliphatic rings. The highest BCUT2D eigenvalue weighted by molar-refractivity contribution is 6.39. The molecule has 15 nitrogen and oxygen atoms in total. The summed E-state index contributed by atoms with van der Waals surface area (Å²) in [4.78, 5) is 73.8. The van der Waals surface area contributed by atoms with Crippen LogP contribution in [0.1, 0.15) is 132 Å². The van der Waals surface area contributed by atoms with Crippen molar-refractivity contribution in [3.05, 3.63) is 47.6 Å². The van der Waals surface area contributed by atoms with E-state index in [0.717, 1.165) is 30.4 Å². The van der Waals surface area contributed by atoms with Gasteiger partial charge >= 0.3 is 5.97 Å². The van der Waals surface area contributed by atoms with E-state index in [1.54, 1.807) is 28.4 Å². The summed E-state index contributed by atoms with van der Waals surface area (Å²) in [7, 11) is 7.95. The quantitative estimate of drug-likeness (QED) is 0.0700. The van der Waals surface area contributed by atoms with E-state index in [4.69, 9.17) is 42.6 Å². The molecule has 0 radical (unpaired) electrons. The van der Waals surface area contributed by atoms with Crippen LogP contribution in [0.25, 0.3) is 0 Å². The van der Waals surface area contributed by atoms with Gasteiger partial charge in [0.05, 0.1) is 50.8 Å². The fourth-order valence-electron chi connectivity index (χ4n) is 11.3. The number of ether oxygens (including phenoxy) is 9. The second-order valence-electron chi connectivity index (χ2n) is 21.6. The van der Waals surface area contributed by atoms with Crippen LogP contribution in [0, 0.1) is 41.4 Å². The minimum atomic E-state index is -1.91. The molecule has 3 aliphatic heterocycles. The van der Waals surface area contributed by atoms with Gasteiger partial charge in [-0.25, -0.2) is 4.79 Å². The van der Waals surface area contributed by atoms with Gasteiger partial charge in [-0.3, -0.25) is 19.2 Å². The first-order chi connectivity index (χ1) is 34.8. The molecule has 0 unspecified atom stereocenters. The van der Waals surface area contributed by atoms with Crippen LogP contribution in [0.5, 0.6) is 0 Å². The second-order valence-corrected chi connectivity index (χ2v) is 21.6. The van der Waals surface area contributed by atoms with Crippen LogP contribution in [-0.4, -0.2) is 151 Å². The van der Waals surface area contributed by atoms with Gasteiger partial charge in [-0.05, 0) is 101 Å². The summed E-state index contributed by atoms with van der Waals surface area (Å²) in [6.45, 7) is 17.3. The van der Waals surface area contributed by atoms with Gasteiger partial charge in [0.15, 0.2) is 5.78 Å². The first-order valence-corrected chi connectivity index (χ1v) is 27.2. The van der Waals surface area contributed by atoms with Crippen molar-refractivity contribution in [1.82, 2.24) is 4.90 Å².